The molecule has 0 unspecified atom stereocenters. The normalized spacial score (nSPS) is 10.9. The van der Waals surface area contributed by atoms with Crippen LogP contribution >= 0.6 is 23.2 Å². The molecule has 0 bridgehead atoms. The summed E-state index contributed by atoms with van der Waals surface area (Å²) in [5.41, 5.74) is 0.936. The molecule has 2 heterocycles. The Morgan fingerprint density at radius 3 is 2.80 bits per heavy atom. The Hall–Kier alpha value is -3.36. The third-order valence-corrected chi connectivity index (χ3v) is 4.83. The lowest BCUT2D eigenvalue weighted by atomic mass is 10.2. The van der Waals surface area contributed by atoms with Gasteiger partial charge in [0.15, 0.2) is 0 Å². The van der Waals surface area contributed by atoms with E-state index in [9.17, 15) is 9.59 Å². The lowest BCUT2D eigenvalue weighted by molar-refractivity contribution is -0.117. The number of nitrogens with one attached hydrogen (secondary N) is 1. The average molecular weight is 444 g/mol. The minimum Gasteiger partial charge on any atom is -0.436 e. The number of ether oxygens (including phenoxy) is 1. The quantitative estimate of drug-likeness (QED) is 0.504. The molecule has 0 atom stereocenters. The van der Waals surface area contributed by atoms with E-state index in [1.807, 2.05) is 25.1 Å². The number of hydrogen-bond acceptors (Lipinski definition) is 5. The number of carbonyl (C=O) groups is 1. The van der Waals surface area contributed by atoms with Crippen molar-refractivity contribution in [3.05, 3.63) is 81.0 Å². The number of benzene rings is 2. The molecular formula is C20H15Cl2N5O3. The topological polar surface area (TPSA) is 90.5 Å². The number of hydrogen-bond donors (Lipinski definition) is 1. The number of aryl methyl sites for hydroxylation is 1. The first-order valence-corrected chi connectivity index (χ1v) is 9.60. The van der Waals surface area contributed by atoms with Gasteiger partial charge in [-0.1, -0.05) is 41.4 Å². The summed E-state index contributed by atoms with van der Waals surface area (Å²) in [6.45, 7) is 1.57. The molecule has 2 aromatic carbocycles. The first-order valence-electron chi connectivity index (χ1n) is 8.85. The molecule has 4 aromatic rings. The highest BCUT2D eigenvalue weighted by molar-refractivity contribution is 6.35. The maximum Gasteiger partial charge on any atom is 0.351 e. The molecule has 1 N–H and O–H groups in total. The number of rotatable bonds is 5. The van der Waals surface area contributed by atoms with E-state index in [0.29, 0.717) is 21.5 Å². The highest BCUT2D eigenvalue weighted by atomic mass is 35.5. The zero-order valence-corrected chi connectivity index (χ0v) is 17.2. The molecule has 0 saturated heterocycles. The van der Waals surface area contributed by atoms with Crippen molar-refractivity contribution in [3.8, 4) is 11.6 Å². The van der Waals surface area contributed by atoms with Gasteiger partial charge in [-0.3, -0.25) is 4.79 Å². The molecule has 0 aliphatic carbocycles. The first kappa shape index (κ1) is 19.9. The largest absolute Gasteiger partial charge is 0.436 e. The second kappa shape index (κ2) is 8.17. The van der Waals surface area contributed by atoms with Gasteiger partial charge in [-0.2, -0.15) is 0 Å². The smallest absolute Gasteiger partial charge is 0.351 e. The van der Waals surface area contributed by atoms with Crippen molar-refractivity contribution in [2.75, 3.05) is 5.32 Å². The number of fused-ring (bicyclic) bond motifs is 1. The van der Waals surface area contributed by atoms with Crippen LogP contribution in [0.5, 0.6) is 11.6 Å². The Morgan fingerprint density at radius 2 is 2.00 bits per heavy atom. The third kappa shape index (κ3) is 4.00. The summed E-state index contributed by atoms with van der Waals surface area (Å²) in [5.74, 6) is 0.258. The van der Waals surface area contributed by atoms with E-state index in [-0.39, 0.29) is 18.1 Å². The zero-order valence-electron chi connectivity index (χ0n) is 15.7. The molecule has 8 nitrogen and oxygen atoms in total. The molecule has 4 rings (SSSR count). The van der Waals surface area contributed by atoms with Gasteiger partial charge < -0.3 is 10.1 Å². The highest BCUT2D eigenvalue weighted by Crippen LogP contribution is 2.26. The maximum atomic E-state index is 12.7. The average Bonchev–Trinajstić information content (AvgIpc) is 3.03. The maximum absolute atomic E-state index is 12.7. The summed E-state index contributed by atoms with van der Waals surface area (Å²) in [6.07, 6.45) is 2.89. The number of nitrogens with zero attached hydrogens (tertiary/aromatic N) is 4. The lowest BCUT2D eigenvalue weighted by Gasteiger charge is -2.07. The number of amides is 1. The van der Waals surface area contributed by atoms with Crippen LogP contribution in [0.25, 0.3) is 5.65 Å². The van der Waals surface area contributed by atoms with Crippen LogP contribution < -0.4 is 15.7 Å². The van der Waals surface area contributed by atoms with E-state index < -0.39 is 11.6 Å². The monoisotopic (exact) mass is 443 g/mol. The Balaban J connectivity index is 1.62. The van der Waals surface area contributed by atoms with Gasteiger partial charge in [-0.05, 0) is 36.8 Å². The number of carbonyl (C=O) groups excluding carboxylic acids is 1. The van der Waals surface area contributed by atoms with Crippen molar-refractivity contribution in [2.24, 2.45) is 0 Å². The van der Waals surface area contributed by atoms with Crippen molar-refractivity contribution in [1.82, 2.24) is 19.2 Å². The van der Waals surface area contributed by atoms with Crippen LogP contribution in [0.4, 0.5) is 5.69 Å². The summed E-state index contributed by atoms with van der Waals surface area (Å²) < 4.78 is 8.13. The van der Waals surface area contributed by atoms with Gasteiger partial charge in [0, 0.05) is 17.4 Å². The second-order valence-corrected chi connectivity index (χ2v) is 7.25. The fourth-order valence-electron chi connectivity index (χ4n) is 2.79. The molecular weight excluding hydrogens is 429 g/mol. The van der Waals surface area contributed by atoms with Crippen molar-refractivity contribution >= 4 is 40.4 Å². The fraction of sp³-hybridized carbons (Fsp3) is 0.100. The van der Waals surface area contributed by atoms with Gasteiger partial charge in [0.05, 0.1) is 10.7 Å². The van der Waals surface area contributed by atoms with Gasteiger partial charge in [0.25, 0.3) is 5.88 Å². The van der Waals surface area contributed by atoms with E-state index in [0.717, 1.165) is 10.2 Å². The Kier molecular flexibility index (Phi) is 5.43. The molecule has 30 heavy (non-hydrogen) atoms. The van der Waals surface area contributed by atoms with E-state index in [1.165, 1.54) is 22.9 Å². The summed E-state index contributed by atoms with van der Waals surface area (Å²) in [7, 11) is 0. The van der Waals surface area contributed by atoms with Crippen LogP contribution in [0.2, 0.25) is 10.0 Å². The van der Waals surface area contributed by atoms with Gasteiger partial charge in [0.1, 0.15) is 12.3 Å². The van der Waals surface area contributed by atoms with Crippen LogP contribution in [-0.2, 0) is 11.3 Å². The Bertz CT molecular complexity index is 1320. The molecule has 0 aliphatic heterocycles. The standard InChI is InChI=1S/C20H15Cl2N5O3/c1-12-4-2-3-5-16(12)30-19-18-25-27(20(29)26(18)9-8-23-19)11-17(28)24-15-10-13(21)6-7-14(15)22/h2-10H,11H2,1H3,(H,24,28). The van der Waals surface area contributed by atoms with Crippen molar-refractivity contribution in [3.63, 3.8) is 0 Å². The third-order valence-electron chi connectivity index (χ3n) is 4.27. The Labute approximate surface area is 180 Å². The van der Waals surface area contributed by atoms with Crippen LogP contribution in [0.15, 0.2) is 59.7 Å². The van der Waals surface area contributed by atoms with Crippen molar-refractivity contribution in [2.45, 2.75) is 13.5 Å². The summed E-state index contributed by atoms with van der Waals surface area (Å²) in [5, 5.41) is 7.59. The fourth-order valence-corrected chi connectivity index (χ4v) is 3.13. The van der Waals surface area contributed by atoms with E-state index in [4.69, 9.17) is 27.9 Å². The minimum atomic E-state index is -0.505. The molecule has 1 amide bonds. The van der Waals surface area contributed by atoms with Gasteiger partial charge in [-0.25, -0.2) is 18.9 Å². The first-order chi connectivity index (χ1) is 14.4. The van der Waals surface area contributed by atoms with Crippen LogP contribution in [0, 0.1) is 6.92 Å². The second-order valence-electron chi connectivity index (χ2n) is 6.41. The van der Waals surface area contributed by atoms with Gasteiger partial charge in [-0.15, -0.1) is 5.10 Å². The van der Waals surface area contributed by atoms with Crippen molar-refractivity contribution in [1.29, 1.82) is 0 Å². The number of aromatic nitrogens is 4. The lowest BCUT2D eigenvalue weighted by Crippen LogP contribution is -2.28. The van der Waals surface area contributed by atoms with E-state index in [1.54, 1.807) is 18.2 Å². The van der Waals surface area contributed by atoms with Gasteiger partial charge >= 0.3 is 5.69 Å². The van der Waals surface area contributed by atoms with Gasteiger partial charge in [0.2, 0.25) is 11.6 Å². The number of para-hydroxylation sites is 1. The van der Waals surface area contributed by atoms with Crippen LogP contribution in [-0.4, -0.2) is 25.1 Å². The molecule has 2 aromatic heterocycles. The molecule has 0 fully saturated rings. The van der Waals surface area contributed by atoms with Crippen LogP contribution in [0.3, 0.4) is 0 Å². The number of anilines is 1. The zero-order chi connectivity index (χ0) is 21.3. The van der Waals surface area contributed by atoms with E-state index >= 15 is 0 Å². The Morgan fingerprint density at radius 1 is 1.20 bits per heavy atom. The highest BCUT2D eigenvalue weighted by Gasteiger charge is 2.16. The number of halogens is 2. The van der Waals surface area contributed by atoms with E-state index in [2.05, 4.69) is 15.4 Å². The molecule has 10 heteroatoms. The summed E-state index contributed by atoms with van der Waals surface area (Å²) in [4.78, 5) is 29.3. The summed E-state index contributed by atoms with van der Waals surface area (Å²) >= 11 is 12.0. The molecule has 0 spiro atoms. The predicted molar refractivity (Wildman–Crippen MR) is 114 cm³/mol. The predicted octanol–water partition coefficient (Wildman–Crippen LogP) is 3.94. The minimum absolute atomic E-state index is 0.154. The molecule has 0 radical (unpaired) electrons. The molecule has 0 aliphatic rings. The summed E-state index contributed by atoms with van der Waals surface area (Å²) in [6, 6.07) is 12.1. The molecule has 0 saturated carbocycles. The SMILES string of the molecule is Cc1ccccc1Oc1nccn2c(=O)n(CC(=O)Nc3cc(Cl)ccc3Cl)nc12. The van der Waals surface area contributed by atoms with Crippen LogP contribution in [0.1, 0.15) is 5.56 Å². The molecule has 152 valence electrons. The van der Waals surface area contributed by atoms with Crippen molar-refractivity contribution < 1.29 is 9.53 Å².